The van der Waals surface area contributed by atoms with Gasteiger partial charge in [0.15, 0.2) is 0 Å². The van der Waals surface area contributed by atoms with Crippen molar-refractivity contribution in [1.82, 2.24) is 19.5 Å². The quantitative estimate of drug-likeness (QED) is 0.263. The molecular weight excluding hydrogens is 475 g/mol. The van der Waals surface area contributed by atoms with E-state index >= 15 is 0 Å². The maximum atomic E-state index is 13.5. The second-order valence-corrected chi connectivity index (χ2v) is 9.04. The number of halogens is 1. The molecule has 0 amide bonds. The van der Waals surface area contributed by atoms with Crippen LogP contribution in [-0.2, 0) is 16.1 Å². The Bertz CT molecular complexity index is 1370. The van der Waals surface area contributed by atoms with Crippen LogP contribution in [0.15, 0.2) is 60.8 Å². The van der Waals surface area contributed by atoms with Gasteiger partial charge in [0, 0.05) is 45.4 Å². The van der Waals surface area contributed by atoms with Crippen LogP contribution in [-0.4, -0.2) is 58.5 Å². The first-order valence-electron chi connectivity index (χ1n) is 12.2. The highest BCUT2D eigenvalue weighted by molar-refractivity contribution is 5.79. The Balaban J connectivity index is 1.29. The van der Waals surface area contributed by atoms with Crippen molar-refractivity contribution in [2.24, 2.45) is 0 Å². The molecule has 0 spiro atoms. The zero-order chi connectivity index (χ0) is 25.8. The van der Waals surface area contributed by atoms with Gasteiger partial charge in [-0.15, -0.1) is 0 Å². The van der Waals surface area contributed by atoms with E-state index in [9.17, 15) is 9.18 Å². The Labute approximate surface area is 214 Å². The minimum absolute atomic E-state index is 0.188. The van der Waals surface area contributed by atoms with Crippen molar-refractivity contribution in [3.05, 3.63) is 72.2 Å². The molecule has 1 aliphatic rings. The lowest BCUT2D eigenvalue weighted by Gasteiger charge is -2.37. The molecule has 9 nitrogen and oxygen atoms in total. The van der Waals surface area contributed by atoms with Crippen LogP contribution in [0.3, 0.4) is 0 Å². The van der Waals surface area contributed by atoms with Crippen LogP contribution in [0.4, 0.5) is 16.3 Å². The first kappa shape index (κ1) is 24.5. The van der Waals surface area contributed by atoms with Crippen molar-refractivity contribution in [2.75, 3.05) is 36.7 Å². The van der Waals surface area contributed by atoms with E-state index in [-0.39, 0.29) is 18.7 Å². The summed E-state index contributed by atoms with van der Waals surface area (Å²) < 4.78 is 25.9. The van der Waals surface area contributed by atoms with Gasteiger partial charge < -0.3 is 23.8 Å². The van der Waals surface area contributed by atoms with Gasteiger partial charge in [-0.1, -0.05) is 24.3 Å². The van der Waals surface area contributed by atoms with Crippen LogP contribution in [0.1, 0.15) is 25.3 Å². The first-order chi connectivity index (χ1) is 18.0. The molecule has 0 bridgehead atoms. The number of rotatable bonds is 8. The Kier molecular flexibility index (Phi) is 7.16. The van der Waals surface area contributed by atoms with E-state index in [4.69, 9.17) is 14.5 Å². The zero-order valence-electron chi connectivity index (χ0n) is 20.9. The van der Waals surface area contributed by atoms with Crippen molar-refractivity contribution in [3.63, 3.8) is 0 Å². The summed E-state index contributed by atoms with van der Waals surface area (Å²) in [7, 11) is 1.98. The van der Waals surface area contributed by atoms with Crippen LogP contribution >= 0.6 is 0 Å². The highest BCUT2D eigenvalue weighted by atomic mass is 19.1. The van der Waals surface area contributed by atoms with Crippen molar-refractivity contribution in [1.29, 1.82) is 0 Å². The number of fused-ring (bicyclic) bond motifs is 1. The van der Waals surface area contributed by atoms with Gasteiger partial charge in [-0.3, -0.25) is 4.79 Å². The molecule has 0 radical (unpaired) electrons. The minimum Gasteiger partial charge on any atom is -0.440 e. The van der Waals surface area contributed by atoms with Crippen LogP contribution in [0.25, 0.3) is 11.0 Å². The van der Waals surface area contributed by atoms with Crippen molar-refractivity contribution in [3.8, 4) is 5.88 Å². The lowest BCUT2D eigenvalue weighted by atomic mass is 10.0. The number of nitrogens with zero attached hydrogens (tertiary/aromatic N) is 6. The van der Waals surface area contributed by atoms with Crippen molar-refractivity contribution in [2.45, 2.75) is 32.4 Å². The van der Waals surface area contributed by atoms with Crippen LogP contribution in [0.5, 0.6) is 5.88 Å². The summed E-state index contributed by atoms with van der Waals surface area (Å²) in [6.45, 7) is 3.40. The fourth-order valence-electron chi connectivity index (χ4n) is 4.60. The topological polar surface area (TPSA) is 85.6 Å². The third-order valence-corrected chi connectivity index (χ3v) is 6.59. The molecule has 192 valence electrons. The standard InChI is InChI=1S/C27H29FN6O3/c1-19(35)36-18-37-25-11-14-29-26(31-25)32(2)22-12-15-33(16-13-22)27-30-23-5-3-4-6-24(23)34(27)17-20-7-9-21(28)10-8-20/h3-11,14,22H,12-13,15-18H2,1-2H3. The number of carbonyl (C=O) groups excluding carboxylic acids is 1. The molecule has 10 heteroatoms. The van der Waals surface area contributed by atoms with E-state index in [2.05, 4.69) is 30.4 Å². The highest BCUT2D eigenvalue weighted by Crippen LogP contribution is 2.28. The summed E-state index contributed by atoms with van der Waals surface area (Å²) in [4.78, 5) is 29.2. The molecule has 0 aliphatic carbocycles. The normalized spacial score (nSPS) is 14.1. The van der Waals surface area contributed by atoms with Crippen LogP contribution < -0.4 is 14.5 Å². The Hall–Kier alpha value is -4.21. The van der Waals surface area contributed by atoms with Crippen molar-refractivity contribution < 1.29 is 18.7 Å². The van der Waals surface area contributed by atoms with Gasteiger partial charge in [0.2, 0.25) is 24.6 Å². The molecule has 1 saturated heterocycles. The van der Waals surface area contributed by atoms with E-state index < -0.39 is 5.97 Å². The maximum absolute atomic E-state index is 13.5. The van der Waals surface area contributed by atoms with Gasteiger partial charge in [0.05, 0.1) is 17.6 Å². The van der Waals surface area contributed by atoms with E-state index in [1.54, 1.807) is 12.3 Å². The van der Waals surface area contributed by atoms with E-state index in [1.165, 1.54) is 19.1 Å². The lowest BCUT2D eigenvalue weighted by Crippen LogP contribution is -2.44. The highest BCUT2D eigenvalue weighted by Gasteiger charge is 2.27. The number of benzene rings is 2. The van der Waals surface area contributed by atoms with E-state index in [1.807, 2.05) is 37.4 Å². The molecule has 0 saturated carbocycles. The van der Waals surface area contributed by atoms with Gasteiger partial charge in [0.25, 0.3) is 0 Å². The molecule has 1 fully saturated rings. The second-order valence-electron chi connectivity index (χ2n) is 9.04. The zero-order valence-corrected chi connectivity index (χ0v) is 20.9. The third kappa shape index (κ3) is 5.63. The summed E-state index contributed by atoms with van der Waals surface area (Å²) in [6, 6.07) is 16.6. The summed E-state index contributed by atoms with van der Waals surface area (Å²) >= 11 is 0. The Morgan fingerprint density at radius 3 is 2.59 bits per heavy atom. The van der Waals surface area contributed by atoms with E-state index in [0.29, 0.717) is 18.4 Å². The summed E-state index contributed by atoms with van der Waals surface area (Å²) in [5.74, 6) is 1.18. The predicted octanol–water partition coefficient (Wildman–Crippen LogP) is 4.02. The minimum atomic E-state index is -0.413. The number of anilines is 2. The van der Waals surface area contributed by atoms with E-state index in [0.717, 1.165) is 48.5 Å². The summed E-state index contributed by atoms with van der Waals surface area (Å²) in [5, 5.41) is 0. The van der Waals surface area contributed by atoms with Crippen LogP contribution in [0, 0.1) is 5.82 Å². The summed E-state index contributed by atoms with van der Waals surface area (Å²) in [5.41, 5.74) is 3.02. The molecule has 3 heterocycles. The number of imidazole rings is 1. The predicted molar refractivity (Wildman–Crippen MR) is 138 cm³/mol. The SMILES string of the molecule is CC(=O)OCOc1ccnc(N(C)C2CCN(c3nc4ccccc4n3Cc3ccc(F)cc3)CC2)n1. The molecule has 0 atom stereocenters. The van der Waals surface area contributed by atoms with Gasteiger partial charge in [-0.2, -0.15) is 4.98 Å². The smallest absolute Gasteiger partial charge is 0.305 e. The van der Waals surface area contributed by atoms with Crippen LogP contribution in [0.2, 0.25) is 0 Å². The molecule has 0 unspecified atom stereocenters. The second kappa shape index (κ2) is 10.8. The number of hydrogen-bond donors (Lipinski definition) is 0. The largest absolute Gasteiger partial charge is 0.440 e. The number of carbonyl (C=O) groups is 1. The fourth-order valence-corrected chi connectivity index (χ4v) is 4.60. The molecule has 5 rings (SSSR count). The van der Waals surface area contributed by atoms with Gasteiger partial charge in [-0.05, 0) is 42.7 Å². The number of para-hydroxylation sites is 2. The molecule has 4 aromatic rings. The molecule has 2 aromatic carbocycles. The summed E-state index contributed by atoms with van der Waals surface area (Å²) in [6.07, 6.45) is 3.44. The number of hydrogen-bond acceptors (Lipinski definition) is 8. The number of piperidine rings is 1. The lowest BCUT2D eigenvalue weighted by molar-refractivity contribution is -0.147. The molecule has 37 heavy (non-hydrogen) atoms. The average molecular weight is 505 g/mol. The fraction of sp³-hybridized carbons (Fsp3) is 0.333. The molecule has 0 N–H and O–H groups in total. The van der Waals surface area contributed by atoms with Crippen molar-refractivity contribution >= 4 is 28.9 Å². The Morgan fingerprint density at radius 2 is 1.84 bits per heavy atom. The number of aromatic nitrogens is 4. The molecule has 2 aromatic heterocycles. The Morgan fingerprint density at radius 1 is 1.08 bits per heavy atom. The van der Waals surface area contributed by atoms with Gasteiger partial charge in [-0.25, -0.2) is 14.4 Å². The van der Waals surface area contributed by atoms with Gasteiger partial charge >= 0.3 is 5.97 Å². The van der Waals surface area contributed by atoms with Gasteiger partial charge in [0.1, 0.15) is 5.82 Å². The number of ether oxygens (including phenoxy) is 2. The third-order valence-electron chi connectivity index (χ3n) is 6.59. The molecule has 1 aliphatic heterocycles. The monoisotopic (exact) mass is 504 g/mol. The maximum Gasteiger partial charge on any atom is 0.305 e. The first-order valence-corrected chi connectivity index (χ1v) is 12.2. The number of esters is 1. The molecular formula is C27H29FN6O3. The average Bonchev–Trinajstić information content (AvgIpc) is 3.28.